The van der Waals surface area contributed by atoms with Gasteiger partial charge in [-0.25, -0.2) is 4.98 Å². The average Bonchev–Trinajstić information content (AvgIpc) is 2.32. The Hall–Kier alpha value is -1.31. The molecular formula is C9H12N2. The van der Waals surface area contributed by atoms with Gasteiger partial charge in [0, 0.05) is 0 Å². The van der Waals surface area contributed by atoms with Crippen LogP contribution in [0.5, 0.6) is 0 Å². The van der Waals surface area contributed by atoms with Crippen molar-refractivity contribution in [1.82, 2.24) is 9.97 Å². The lowest BCUT2D eigenvalue weighted by Crippen LogP contribution is -1.74. The number of aromatic amines is 1. The van der Waals surface area contributed by atoms with E-state index in [0.717, 1.165) is 17.2 Å². The Kier molecular flexibility index (Phi) is 2.26. The first-order valence-electron chi connectivity index (χ1n) is 3.59. The normalized spacial score (nSPS) is 10.7. The van der Waals surface area contributed by atoms with Crippen LogP contribution >= 0.6 is 0 Å². The number of aromatic nitrogens is 2. The first-order chi connectivity index (χ1) is 5.27. The van der Waals surface area contributed by atoms with Crippen LogP contribution in [0.25, 0.3) is 12.2 Å². The van der Waals surface area contributed by atoms with E-state index >= 15 is 0 Å². The Morgan fingerprint density at radius 1 is 1.55 bits per heavy atom. The maximum absolute atomic E-state index is 4.22. The summed E-state index contributed by atoms with van der Waals surface area (Å²) in [6.45, 7) is 7.58. The van der Waals surface area contributed by atoms with Crippen molar-refractivity contribution >= 4 is 12.2 Å². The van der Waals surface area contributed by atoms with Gasteiger partial charge in [0.15, 0.2) is 0 Å². The molecule has 0 saturated heterocycles. The molecule has 0 aliphatic rings. The van der Waals surface area contributed by atoms with E-state index in [1.807, 2.05) is 26.0 Å². The van der Waals surface area contributed by atoms with E-state index in [2.05, 4.69) is 16.5 Å². The van der Waals surface area contributed by atoms with Gasteiger partial charge in [-0.2, -0.15) is 0 Å². The average molecular weight is 148 g/mol. The highest BCUT2D eigenvalue weighted by atomic mass is 14.9. The highest BCUT2D eigenvalue weighted by molar-refractivity contribution is 5.58. The van der Waals surface area contributed by atoms with E-state index in [-0.39, 0.29) is 0 Å². The van der Waals surface area contributed by atoms with Gasteiger partial charge in [-0.15, -0.1) is 0 Å². The molecule has 0 aliphatic heterocycles. The van der Waals surface area contributed by atoms with Crippen LogP contribution < -0.4 is 0 Å². The van der Waals surface area contributed by atoms with Crippen molar-refractivity contribution < 1.29 is 0 Å². The smallest absolute Gasteiger partial charge is 0.104 e. The Morgan fingerprint density at radius 3 is 2.82 bits per heavy atom. The Bertz CT molecular complexity index is 282. The van der Waals surface area contributed by atoms with E-state index in [1.165, 1.54) is 0 Å². The molecule has 0 spiro atoms. The second-order valence-electron chi connectivity index (χ2n) is 2.33. The topological polar surface area (TPSA) is 28.7 Å². The van der Waals surface area contributed by atoms with E-state index < -0.39 is 0 Å². The van der Waals surface area contributed by atoms with Crippen molar-refractivity contribution in [2.45, 2.75) is 13.8 Å². The number of H-pyrrole nitrogens is 1. The third kappa shape index (κ3) is 1.58. The number of hydrogen-bond donors (Lipinski definition) is 1. The minimum Gasteiger partial charge on any atom is -0.342 e. The third-order valence-corrected chi connectivity index (χ3v) is 1.41. The van der Waals surface area contributed by atoms with Crippen LogP contribution in [0.4, 0.5) is 0 Å². The lowest BCUT2D eigenvalue weighted by Gasteiger charge is -1.85. The molecule has 1 aromatic heterocycles. The summed E-state index contributed by atoms with van der Waals surface area (Å²) in [7, 11) is 0. The molecule has 0 aromatic carbocycles. The summed E-state index contributed by atoms with van der Waals surface area (Å²) in [5.41, 5.74) is 1.95. The molecule has 1 aromatic rings. The summed E-state index contributed by atoms with van der Waals surface area (Å²) >= 11 is 0. The van der Waals surface area contributed by atoms with Crippen LogP contribution in [-0.2, 0) is 0 Å². The van der Waals surface area contributed by atoms with E-state index in [1.54, 1.807) is 6.08 Å². The summed E-state index contributed by atoms with van der Waals surface area (Å²) in [5.74, 6) is 0.924. The van der Waals surface area contributed by atoms with Crippen LogP contribution in [0.3, 0.4) is 0 Å². The Labute approximate surface area is 66.7 Å². The number of hydrogen-bond acceptors (Lipinski definition) is 1. The van der Waals surface area contributed by atoms with Crippen molar-refractivity contribution in [3.63, 3.8) is 0 Å². The Balaban J connectivity index is 3.11. The largest absolute Gasteiger partial charge is 0.342 e. The molecule has 0 bridgehead atoms. The SMILES string of the molecule is C=Cc1nc(C)[nH]c1/C=C\C. The van der Waals surface area contributed by atoms with Crippen LogP contribution in [0.1, 0.15) is 24.1 Å². The van der Waals surface area contributed by atoms with E-state index in [9.17, 15) is 0 Å². The highest BCUT2D eigenvalue weighted by Crippen LogP contribution is 2.08. The number of rotatable bonds is 2. The van der Waals surface area contributed by atoms with Crippen molar-refractivity contribution in [2.24, 2.45) is 0 Å². The molecular weight excluding hydrogens is 136 g/mol. The maximum Gasteiger partial charge on any atom is 0.104 e. The highest BCUT2D eigenvalue weighted by Gasteiger charge is 1.99. The monoisotopic (exact) mass is 148 g/mol. The minimum atomic E-state index is 0.917. The van der Waals surface area contributed by atoms with Crippen molar-refractivity contribution in [1.29, 1.82) is 0 Å². The van der Waals surface area contributed by atoms with Crippen molar-refractivity contribution in [2.75, 3.05) is 0 Å². The molecule has 1 rings (SSSR count). The molecule has 58 valence electrons. The molecule has 1 heterocycles. The molecule has 0 saturated carbocycles. The predicted molar refractivity (Wildman–Crippen MR) is 48.1 cm³/mol. The fourth-order valence-electron chi connectivity index (χ4n) is 0.977. The molecule has 0 unspecified atom stereocenters. The molecule has 0 amide bonds. The van der Waals surface area contributed by atoms with Gasteiger partial charge in [-0.05, 0) is 26.0 Å². The zero-order chi connectivity index (χ0) is 8.27. The molecule has 2 nitrogen and oxygen atoms in total. The molecule has 11 heavy (non-hydrogen) atoms. The van der Waals surface area contributed by atoms with Gasteiger partial charge in [-0.3, -0.25) is 0 Å². The fourth-order valence-corrected chi connectivity index (χ4v) is 0.977. The number of nitrogens with one attached hydrogen (secondary N) is 1. The lowest BCUT2D eigenvalue weighted by atomic mass is 10.3. The van der Waals surface area contributed by atoms with Crippen molar-refractivity contribution in [3.05, 3.63) is 29.9 Å². The van der Waals surface area contributed by atoms with E-state index in [0.29, 0.717) is 0 Å². The third-order valence-electron chi connectivity index (χ3n) is 1.41. The summed E-state index contributed by atoms with van der Waals surface area (Å²) < 4.78 is 0. The van der Waals surface area contributed by atoms with Gasteiger partial charge in [0.05, 0.1) is 11.4 Å². The first kappa shape index (κ1) is 7.79. The summed E-state index contributed by atoms with van der Waals surface area (Å²) in [6.07, 6.45) is 5.70. The molecule has 0 atom stereocenters. The summed E-state index contributed by atoms with van der Waals surface area (Å²) in [6, 6.07) is 0. The first-order valence-corrected chi connectivity index (χ1v) is 3.59. The van der Waals surface area contributed by atoms with Gasteiger partial charge in [0.2, 0.25) is 0 Å². The standard InChI is InChI=1S/C9H12N2/c1-4-6-9-8(5-2)10-7(3)11-9/h4-6H,2H2,1,3H3,(H,10,11)/b6-4-. The number of nitrogens with zero attached hydrogens (tertiary/aromatic N) is 1. The van der Waals surface area contributed by atoms with E-state index in [4.69, 9.17) is 0 Å². The number of allylic oxidation sites excluding steroid dienone is 1. The van der Waals surface area contributed by atoms with Crippen LogP contribution in [-0.4, -0.2) is 9.97 Å². The quantitative estimate of drug-likeness (QED) is 0.685. The zero-order valence-corrected chi connectivity index (χ0v) is 6.89. The summed E-state index contributed by atoms with van der Waals surface area (Å²) in [4.78, 5) is 7.35. The van der Waals surface area contributed by atoms with Gasteiger partial charge in [0.1, 0.15) is 5.82 Å². The lowest BCUT2D eigenvalue weighted by molar-refractivity contribution is 1.14. The molecule has 0 fully saturated rings. The van der Waals surface area contributed by atoms with Gasteiger partial charge >= 0.3 is 0 Å². The number of imidazole rings is 1. The van der Waals surface area contributed by atoms with Gasteiger partial charge < -0.3 is 4.98 Å². The number of aryl methyl sites for hydroxylation is 1. The van der Waals surface area contributed by atoms with Gasteiger partial charge in [-0.1, -0.05) is 12.7 Å². The van der Waals surface area contributed by atoms with Gasteiger partial charge in [0.25, 0.3) is 0 Å². The van der Waals surface area contributed by atoms with Crippen LogP contribution in [0.2, 0.25) is 0 Å². The van der Waals surface area contributed by atoms with Crippen LogP contribution in [0.15, 0.2) is 12.7 Å². The van der Waals surface area contributed by atoms with Crippen molar-refractivity contribution in [3.8, 4) is 0 Å². The maximum atomic E-state index is 4.22. The summed E-state index contributed by atoms with van der Waals surface area (Å²) in [5, 5.41) is 0. The molecule has 2 heteroatoms. The zero-order valence-electron chi connectivity index (χ0n) is 6.89. The predicted octanol–water partition coefficient (Wildman–Crippen LogP) is 2.39. The minimum absolute atomic E-state index is 0.917. The Morgan fingerprint density at radius 2 is 2.27 bits per heavy atom. The van der Waals surface area contributed by atoms with Crippen LogP contribution in [0, 0.1) is 6.92 Å². The molecule has 0 aliphatic carbocycles. The fraction of sp³-hybridized carbons (Fsp3) is 0.222. The second-order valence-corrected chi connectivity index (χ2v) is 2.33. The molecule has 0 radical (unpaired) electrons. The molecule has 1 N–H and O–H groups in total. The second kappa shape index (κ2) is 3.19.